The SMILES string of the molecule is CN(C)S(=O)(=O)c1ccc(NCc2ccccc2F)cc1. The molecule has 2 aromatic rings. The zero-order valence-electron chi connectivity index (χ0n) is 11.9. The Kier molecular flexibility index (Phi) is 4.59. The monoisotopic (exact) mass is 308 g/mol. The van der Waals surface area contributed by atoms with E-state index in [-0.39, 0.29) is 10.7 Å². The van der Waals surface area contributed by atoms with E-state index in [0.717, 1.165) is 9.99 Å². The summed E-state index contributed by atoms with van der Waals surface area (Å²) in [6.45, 7) is 0.340. The first-order chi connectivity index (χ1) is 9.91. The molecule has 21 heavy (non-hydrogen) atoms. The van der Waals surface area contributed by atoms with Crippen molar-refractivity contribution in [3.63, 3.8) is 0 Å². The smallest absolute Gasteiger partial charge is 0.242 e. The summed E-state index contributed by atoms with van der Waals surface area (Å²) >= 11 is 0. The van der Waals surface area contributed by atoms with Crippen molar-refractivity contribution in [3.8, 4) is 0 Å². The van der Waals surface area contributed by atoms with E-state index < -0.39 is 10.0 Å². The Morgan fingerprint density at radius 2 is 1.67 bits per heavy atom. The molecule has 0 fully saturated rings. The second kappa shape index (κ2) is 6.24. The molecule has 0 aromatic heterocycles. The van der Waals surface area contributed by atoms with Crippen LogP contribution < -0.4 is 5.32 Å². The molecule has 0 spiro atoms. The van der Waals surface area contributed by atoms with E-state index in [0.29, 0.717) is 12.1 Å². The number of benzene rings is 2. The van der Waals surface area contributed by atoms with Crippen LogP contribution in [0.4, 0.5) is 10.1 Å². The first kappa shape index (κ1) is 15.5. The van der Waals surface area contributed by atoms with Crippen LogP contribution in [0.15, 0.2) is 53.4 Å². The number of sulfonamides is 1. The zero-order valence-corrected chi connectivity index (χ0v) is 12.7. The number of anilines is 1. The van der Waals surface area contributed by atoms with E-state index in [1.165, 1.54) is 32.3 Å². The van der Waals surface area contributed by atoms with Crippen LogP contribution in [0.5, 0.6) is 0 Å². The highest BCUT2D eigenvalue weighted by atomic mass is 32.2. The summed E-state index contributed by atoms with van der Waals surface area (Å²) in [7, 11) is -0.450. The molecule has 0 radical (unpaired) electrons. The number of nitrogens with one attached hydrogen (secondary N) is 1. The van der Waals surface area contributed by atoms with Crippen LogP contribution in [-0.4, -0.2) is 26.8 Å². The third-order valence-electron chi connectivity index (χ3n) is 3.07. The van der Waals surface area contributed by atoms with Crippen molar-refractivity contribution in [1.82, 2.24) is 4.31 Å². The van der Waals surface area contributed by atoms with Gasteiger partial charge in [-0.3, -0.25) is 0 Å². The number of hydrogen-bond donors (Lipinski definition) is 1. The van der Waals surface area contributed by atoms with Crippen molar-refractivity contribution in [2.24, 2.45) is 0 Å². The van der Waals surface area contributed by atoms with Gasteiger partial charge in [0.2, 0.25) is 10.0 Å². The molecular formula is C15H17FN2O2S. The van der Waals surface area contributed by atoms with Crippen LogP contribution in [0.1, 0.15) is 5.56 Å². The molecule has 4 nitrogen and oxygen atoms in total. The van der Waals surface area contributed by atoms with Gasteiger partial charge in [0, 0.05) is 31.9 Å². The predicted octanol–water partition coefficient (Wildman–Crippen LogP) is 2.69. The summed E-state index contributed by atoms with van der Waals surface area (Å²) < 4.78 is 38.5. The summed E-state index contributed by atoms with van der Waals surface area (Å²) in [5.74, 6) is -0.267. The third-order valence-corrected chi connectivity index (χ3v) is 4.90. The fourth-order valence-corrected chi connectivity index (χ4v) is 2.70. The summed E-state index contributed by atoms with van der Waals surface area (Å²) in [5.41, 5.74) is 1.29. The molecule has 0 aliphatic rings. The topological polar surface area (TPSA) is 49.4 Å². The largest absolute Gasteiger partial charge is 0.381 e. The van der Waals surface area contributed by atoms with E-state index >= 15 is 0 Å². The molecule has 112 valence electrons. The van der Waals surface area contributed by atoms with E-state index in [2.05, 4.69) is 5.32 Å². The second-order valence-corrected chi connectivity index (χ2v) is 6.91. The summed E-state index contributed by atoms with van der Waals surface area (Å²) in [6.07, 6.45) is 0. The van der Waals surface area contributed by atoms with Crippen LogP contribution in [0.3, 0.4) is 0 Å². The fraction of sp³-hybridized carbons (Fsp3) is 0.200. The maximum atomic E-state index is 13.5. The van der Waals surface area contributed by atoms with Crippen molar-refractivity contribution >= 4 is 15.7 Å². The van der Waals surface area contributed by atoms with Crippen LogP contribution >= 0.6 is 0 Å². The molecule has 0 atom stereocenters. The van der Waals surface area contributed by atoms with Gasteiger partial charge in [-0.05, 0) is 30.3 Å². The Balaban J connectivity index is 2.09. The lowest BCUT2D eigenvalue weighted by atomic mass is 10.2. The molecule has 6 heteroatoms. The molecule has 0 aliphatic heterocycles. The van der Waals surface area contributed by atoms with Gasteiger partial charge in [0.15, 0.2) is 0 Å². The first-order valence-electron chi connectivity index (χ1n) is 6.41. The molecule has 0 saturated carbocycles. The highest BCUT2D eigenvalue weighted by Crippen LogP contribution is 2.17. The summed E-state index contributed by atoms with van der Waals surface area (Å²) in [5, 5.41) is 3.06. The third kappa shape index (κ3) is 3.59. The van der Waals surface area contributed by atoms with Gasteiger partial charge in [-0.25, -0.2) is 17.1 Å². The molecular weight excluding hydrogens is 291 g/mol. The van der Waals surface area contributed by atoms with Crippen LogP contribution in [0.25, 0.3) is 0 Å². The zero-order chi connectivity index (χ0) is 15.5. The van der Waals surface area contributed by atoms with Gasteiger partial charge in [-0.2, -0.15) is 0 Å². The minimum atomic E-state index is -3.42. The molecule has 2 aromatic carbocycles. The predicted molar refractivity (Wildman–Crippen MR) is 81.0 cm³/mol. The quantitative estimate of drug-likeness (QED) is 0.924. The number of hydrogen-bond acceptors (Lipinski definition) is 3. The van der Waals surface area contributed by atoms with Gasteiger partial charge in [0.05, 0.1) is 4.90 Å². The summed E-state index contributed by atoms with van der Waals surface area (Å²) in [4.78, 5) is 0.226. The van der Waals surface area contributed by atoms with Gasteiger partial charge in [-0.1, -0.05) is 18.2 Å². The van der Waals surface area contributed by atoms with Gasteiger partial charge >= 0.3 is 0 Å². The van der Waals surface area contributed by atoms with E-state index in [1.54, 1.807) is 30.3 Å². The number of rotatable bonds is 5. The van der Waals surface area contributed by atoms with Crippen LogP contribution in [0, 0.1) is 5.82 Å². The minimum absolute atomic E-state index is 0.226. The highest BCUT2D eigenvalue weighted by Gasteiger charge is 2.16. The van der Waals surface area contributed by atoms with E-state index in [9.17, 15) is 12.8 Å². The van der Waals surface area contributed by atoms with E-state index in [1.807, 2.05) is 0 Å². The van der Waals surface area contributed by atoms with Gasteiger partial charge in [0.25, 0.3) is 0 Å². The fourth-order valence-electron chi connectivity index (χ4n) is 1.79. The summed E-state index contributed by atoms with van der Waals surface area (Å²) in [6, 6.07) is 12.9. The van der Waals surface area contributed by atoms with Crippen molar-refractivity contribution in [3.05, 3.63) is 59.9 Å². The van der Waals surface area contributed by atoms with Crippen LogP contribution in [-0.2, 0) is 16.6 Å². The molecule has 0 amide bonds. The maximum Gasteiger partial charge on any atom is 0.242 e. The number of halogens is 1. The standard InChI is InChI=1S/C15H17FN2O2S/c1-18(2)21(19,20)14-9-7-13(8-10-14)17-11-12-5-3-4-6-15(12)16/h3-10,17H,11H2,1-2H3. The number of nitrogens with zero attached hydrogens (tertiary/aromatic N) is 1. The Labute approximate surface area is 124 Å². The maximum absolute atomic E-state index is 13.5. The molecule has 0 heterocycles. The van der Waals surface area contributed by atoms with Crippen LogP contribution in [0.2, 0.25) is 0 Å². The van der Waals surface area contributed by atoms with Gasteiger partial charge < -0.3 is 5.32 Å². The normalized spacial score (nSPS) is 11.6. The molecule has 0 aliphatic carbocycles. The molecule has 1 N–H and O–H groups in total. The van der Waals surface area contributed by atoms with Crippen molar-refractivity contribution in [2.75, 3.05) is 19.4 Å². The second-order valence-electron chi connectivity index (χ2n) is 4.76. The molecule has 0 saturated heterocycles. The lowest BCUT2D eigenvalue weighted by Crippen LogP contribution is -2.22. The highest BCUT2D eigenvalue weighted by molar-refractivity contribution is 7.89. The Morgan fingerprint density at radius 1 is 1.05 bits per heavy atom. The lowest BCUT2D eigenvalue weighted by molar-refractivity contribution is 0.521. The minimum Gasteiger partial charge on any atom is -0.381 e. The average Bonchev–Trinajstić information content (AvgIpc) is 2.46. The lowest BCUT2D eigenvalue weighted by Gasteiger charge is -2.12. The molecule has 0 bridgehead atoms. The molecule has 2 rings (SSSR count). The Morgan fingerprint density at radius 3 is 2.24 bits per heavy atom. The Hall–Kier alpha value is -1.92. The van der Waals surface area contributed by atoms with Gasteiger partial charge in [0.1, 0.15) is 5.82 Å². The van der Waals surface area contributed by atoms with E-state index in [4.69, 9.17) is 0 Å². The van der Waals surface area contributed by atoms with Crippen molar-refractivity contribution < 1.29 is 12.8 Å². The first-order valence-corrected chi connectivity index (χ1v) is 7.85. The average molecular weight is 308 g/mol. The van der Waals surface area contributed by atoms with Crippen molar-refractivity contribution in [1.29, 1.82) is 0 Å². The van der Waals surface area contributed by atoms with Crippen molar-refractivity contribution in [2.45, 2.75) is 11.4 Å². The van der Waals surface area contributed by atoms with Gasteiger partial charge in [-0.15, -0.1) is 0 Å². The Bertz CT molecular complexity index is 713. The molecule has 0 unspecified atom stereocenters.